The predicted octanol–water partition coefficient (Wildman–Crippen LogP) is 2.42. The van der Waals surface area contributed by atoms with Gasteiger partial charge in [-0.2, -0.15) is 0 Å². The lowest BCUT2D eigenvalue weighted by Crippen LogP contribution is -2.51. The third kappa shape index (κ3) is 4.63. The number of amides is 1. The van der Waals surface area contributed by atoms with Crippen molar-refractivity contribution in [3.05, 3.63) is 0 Å². The largest absolute Gasteiger partial charge is 0.444 e. The SMILES string of the molecule is CC.CC(C)(C)OC(=O)N1CCOCC2(CC(O)C2)C1. The quantitative estimate of drug-likeness (QED) is 0.743. The van der Waals surface area contributed by atoms with Crippen molar-refractivity contribution in [1.29, 1.82) is 0 Å². The first-order chi connectivity index (χ1) is 9.30. The molecule has 20 heavy (non-hydrogen) atoms. The number of nitrogens with zero attached hydrogens (tertiary/aromatic N) is 1. The highest BCUT2D eigenvalue weighted by Gasteiger charge is 2.47. The smallest absolute Gasteiger partial charge is 0.410 e. The van der Waals surface area contributed by atoms with Gasteiger partial charge in [-0.15, -0.1) is 0 Å². The maximum absolute atomic E-state index is 12.1. The number of carbonyl (C=O) groups excluding carboxylic acids is 1. The molecule has 0 atom stereocenters. The molecule has 0 unspecified atom stereocenters. The lowest BCUT2D eigenvalue weighted by molar-refractivity contribution is -0.0781. The Morgan fingerprint density at radius 3 is 2.45 bits per heavy atom. The molecule has 1 saturated carbocycles. The minimum Gasteiger partial charge on any atom is -0.444 e. The van der Waals surface area contributed by atoms with E-state index < -0.39 is 5.60 Å². The van der Waals surface area contributed by atoms with Gasteiger partial charge in [0, 0.05) is 18.5 Å². The first-order valence-corrected chi connectivity index (χ1v) is 7.53. The van der Waals surface area contributed by atoms with E-state index in [1.165, 1.54) is 0 Å². The highest BCUT2D eigenvalue weighted by molar-refractivity contribution is 5.68. The molecule has 0 radical (unpaired) electrons. The average molecular weight is 287 g/mol. The third-order valence-electron chi connectivity index (χ3n) is 3.43. The Morgan fingerprint density at radius 1 is 1.35 bits per heavy atom. The second-order valence-electron chi connectivity index (χ2n) is 6.52. The second kappa shape index (κ2) is 6.76. The van der Waals surface area contributed by atoms with Crippen molar-refractivity contribution in [2.45, 2.75) is 59.2 Å². The van der Waals surface area contributed by atoms with Crippen molar-refractivity contribution < 1.29 is 19.4 Å². The van der Waals surface area contributed by atoms with Crippen molar-refractivity contribution in [2.24, 2.45) is 5.41 Å². The Labute approximate surface area is 122 Å². The van der Waals surface area contributed by atoms with E-state index in [1.807, 2.05) is 34.6 Å². The van der Waals surface area contributed by atoms with E-state index in [-0.39, 0.29) is 17.6 Å². The van der Waals surface area contributed by atoms with Crippen molar-refractivity contribution in [1.82, 2.24) is 4.90 Å². The summed E-state index contributed by atoms with van der Waals surface area (Å²) in [5, 5.41) is 9.48. The van der Waals surface area contributed by atoms with Crippen molar-refractivity contribution in [3.63, 3.8) is 0 Å². The van der Waals surface area contributed by atoms with Gasteiger partial charge in [0.2, 0.25) is 0 Å². The molecular formula is C15H29NO4. The minimum atomic E-state index is -0.476. The van der Waals surface area contributed by atoms with Crippen LogP contribution in [-0.4, -0.2) is 54.1 Å². The summed E-state index contributed by atoms with van der Waals surface area (Å²) in [5.41, 5.74) is -0.538. The van der Waals surface area contributed by atoms with E-state index in [4.69, 9.17) is 9.47 Å². The fraction of sp³-hybridized carbons (Fsp3) is 0.933. The monoisotopic (exact) mass is 287 g/mol. The molecule has 1 spiro atoms. The summed E-state index contributed by atoms with van der Waals surface area (Å²) in [6, 6.07) is 0. The zero-order valence-corrected chi connectivity index (χ0v) is 13.4. The fourth-order valence-corrected chi connectivity index (χ4v) is 2.66. The Balaban J connectivity index is 0.000000956. The van der Waals surface area contributed by atoms with E-state index in [0.29, 0.717) is 39.1 Å². The molecule has 0 bridgehead atoms. The van der Waals surface area contributed by atoms with Crippen LogP contribution < -0.4 is 0 Å². The van der Waals surface area contributed by atoms with Crippen LogP contribution in [0.1, 0.15) is 47.5 Å². The Hall–Kier alpha value is -0.810. The van der Waals surface area contributed by atoms with E-state index in [1.54, 1.807) is 4.90 Å². The van der Waals surface area contributed by atoms with Crippen molar-refractivity contribution >= 4 is 6.09 Å². The summed E-state index contributed by atoms with van der Waals surface area (Å²) in [5.74, 6) is 0. The average Bonchev–Trinajstić information content (AvgIpc) is 2.52. The molecule has 2 fully saturated rings. The number of hydrogen-bond donors (Lipinski definition) is 1. The summed E-state index contributed by atoms with van der Waals surface area (Å²) in [7, 11) is 0. The molecule has 0 aromatic carbocycles. The number of carbonyl (C=O) groups is 1. The standard InChI is InChI=1S/C13H23NO4.C2H6/c1-12(2,3)18-11(16)14-4-5-17-9-13(8-14)6-10(15)7-13;1-2/h10,15H,4-9H2,1-3H3;1-2H3. The van der Waals surface area contributed by atoms with Crippen LogP contribution in [0.2, 0.25) is 0 Å². The van der Waals surface area contributed by atoms with Crippen LogP contribution in [0.3, 0.4) is 0 Å². The number of aliphatic hydroxyl groups excluding tert-OH is 1. The number of hydrogen-bond acceptors (Lipinski definition) is 4. The minimum absolute atomic E-state index is 0.0627. The number of aliphatic hydroxyl groups is 1. The summed E-state index contributed by atoms with van der Waals surface area (Å²) in [6.45, 7) is 11.9. The van der Waals surface area contributed by atoms with Crippen LogP contribution in [0.5, 0.6) is 0 Å². The highest BCUT2D eigenvalue weighted by atomic mass is 16.6. The van der Waals surface area contributed by atoms with Gasteiger partial charge in [0.15, 0.2) is 0 Å². The third-order valence-corrected chi connectivity index (χ3v) is 3.43. The van der Waals surface area contributed by atoms with Gasteiger partial charge in [-0.05, 0) is 33.6 Å². The van der Waals surface area contributed by atoms with Gasteiger partial charge < -0.3 is 19.5 Å². The molecule has 1 aliphatic heterocycles. The molecule has 5 nitrogen and oxygen atoms in total. The van der Waals surface area contributed by atoms with Crippen LogP contribution in [-0.2, 0) is 9.47 Å². The molecule has 0 aromatic heterocycles. The van der Waals surface area contributed by atoms with E-state index >= 15 is 0 Å². The summed E-state index contributed by atoms with van der Waals surface area (Å²) in [6.07, 6.45) is 0.902. The Kier molecular flexibility index (Phi) is 5.83. The molecule has 1 amide bonds. The van der Waals surface area contributed by atoms with E-state index in [0.717, 1.165) is 0 Å². The summed E-state index contributed by atoms with van der Waals surface area (Å²) in [4.78, 5) is 13.8. The van der Waals surface area contributed by atoms with Gasteiger partial charge in [-0.25, -0.2) is 4.79 Å². The molecule has 118 valence electrons. The zero-order valence-electron chi connectivity index (χ0n) is 13.4. The van der Waals surface area contributed by atoms with Gasteiger partial charge in [0.1, 0.15) is 5.60 Å². The Bertz CT molecular complexity index is 318. The summed E-state index contributed by atoms with van der Waals surface area (Å²) >= 11 is 0. The molecule has 0 aromatic rings. The molecular weight excluding hydrogens is 258 g/mol. The summed E-state index contributed by atoms with van der Waals surface area (Å²) < 4.78 is 10.9. The number of ether oxygens (including phenoxy) is 2. The van der Waals surface area contributed by atoms with Gasteiger partial charge in [0.05, 0.1) is 19.3 Å². The molecule has 2 aliphatic rings. The second-order valence-corrected chi connectivity index (χ2v) is 6.52. The van der Waals surface area contributed by atoms with Crippen LogP contribution in [0.15, 0.2) is 0 Å². The van der Waals surface area contributed by atoms with Gasteiger partial charge in [0.25, 0.3) is 0 Å². The molecule has 1 saturated heterocycles. The lowest BCUT2D eigenvalue weighted by Gasteiger charge is -2.45. The van der Waals surface area contributed by atoms with Crippen LogP contribution in [0.4, 0.5) is 4.79 Å². The van der Waals surface area contributed by atoms with Gasteiger partial charge in [-0.3, -0.25) is 0 Å². The lowest BCUT2D eigenvalue weighted by atomic mass is 9.67. The van der Waals surface area contributed by atoms with Crippen molar-refractivity contribution in [2.75, 3.05) is 26.3 Å². The zero-order chi connectivity index (χ0) is 15.4. The normalized spacial score (nSPS) is 29.9. The first kappa shape index (κ1) is 17.2. The van der Waals surface area contributed by atoms with Crippen LogP contribution >= 0.6 is 0 Å². The fourth-order valence-electron chi connectivity index (χ4n) is 2.66. The number of rotatable bonds is 0. The maximum atomic E-state index is 12.1. The first-order valence-electron chi connectivity index (χ1n) is 7.53. The van der Waals surface area contributed by atoms with Gasteiger partial charge in [-0.1, -0.05) is 13.8 Å². The molecule has 5 heteroatoms. The van der Waals surface area contributed by atoms with Crippen LogP contribution in [0, 0.1) is 5.41 Å². The maximum Gasteiger partial charge on any atom is 0.410 e. The Morgan fingerprint density at radius 2 is 1.95 bits per heavy atom. The predicted molar refractivity (Wildman–Crippen MR) is 77.6 cm³/mol. The van der Waals surface area contributed by atoms with E-state index in [2.05, 4.69) is 0 Å². The molecule has 2 rings (SSSR count). The van der Waals surface area contributed by atoms with Gasteiger partial charge >= 0.3 is 6.09 Å². The van der Waals surface area contributed by atoms with Crippen LogP contribution in [0.25, 0.3) is 0 Å². The van der Waals surface area contributed by atoms with Crippen molar-refractivity contribution in [3.8, 4) is 0 Å². The molecule has 1 N–H and O–H groups in total. The molecule has 1 aliphatic carbocycles. The van der Waals surface area contributed by atoms with E-state index in [9.17, 15) is 9.90 Å². The topological polar surface area (TPSA) is 59.0 Å². The molecule has 1 heterocycles. The highest BCUT2D eigenvalue weighted by Crippen LogP contribution is 2.43.